The van der Waals surface area contributed by atoms with Crippen LogP contribution in [0.2, 0.25) is 0 Å². The standard InChI is InChI=1S/C12H20F3N5/c1-4-5-9-10(19-16)17-7-18-11(9)20(8(2)3)6-12(13,14)15/h7-8H,4-6,16H2,1-3H3,(H,17,18,19). The van der Waals surface area contributed by atoms with Gasteiger partial charge in [-0.15, -0.1) is 0 Å². The smallest absolute Gasteiger partial charge is 0.345 e. The van der Waals surface area contributed by atoms with E-state index in [1.165, 1.54) is 11.2 Å². The summed E-state index contributed by atoms with van der Waals surface area (Å²) in [5.41, 5.74) is 3.03. The van der Waals surface area contributed by atoms with E-state index in [1.807, 2.05) is 6.92 Å². The number of nitrogens with one attached hydrogen (secondary N) is 1. The van der Waals surface area contributed by atoms with Gasteiger partial charge in [0.1, 0.15) is 24.5 Å². The maximum absolute atomic E-state index is 12.7. The Morgan fingerprint density at radius 1 is 1.35 bits per heavy atom. The molecule has 0 aliphatic rings. The SMILES string of the molecule is CCCc1c(NN)ncnc1N(CC(F)(F)F)C(C)C. The number of nitrogen functional groups attached to an aromatic ring is 1. The minimum Gasteiger partial charge on any atom is -0.345 e. The molecule has 5 nitrogen and oxygen atoms in total. The first-order valence-corrected chi connectivity index (χ1v) is 6.44. The number of rotatable bonds is 6. The van der Waals surface area contributed by atoms with E-state index < -0.39 is 12.7 Å². The lowest BCUT2D eigenvalue weighted by molar-refractivity contribution is -0.120. The molecule has 8 heteroatoms. The number of halogens is 3. The molecule has 0 atom stereocenters. The van der Waals surface area contributed by atoms with Crippen LogP contribution in [0.15, 0.2) is 6.33 Å². The summed E-state index contributed by atoms with van der Waals surface area (Å²) in [6, 6.07) is -0.340. The molecular weight excluding hydrogens is 271 g/mol. The molecule has 0 aliphatic carbocycles. The second-order valence-corrected chi connectivity index (χ2v) is 4.76. The lowest BCUT2D eigenvalue weighted by Gasteiger charge is -2.30. The Kier molecular flexibility index (Phi) is 5.55. The summed E-state index contributed by atoms with van der Waals surface area (Å²) < 4.78 is 38.2. The van der Waals surface area contributed by atoms with Gasteiger partial charge < -0.3 is 10.3 Å². The third kappa shape index (κ3) is 4.22. The van der Waals surface area contributed by atoms with Crippen molar-refractivity contribution in [1.29, 1.82) is 0 Å². The van der Waals surface area contributed by atoms with E-state index in [1.54, 1.807) is 13.8 Å². The van der Waals surface area contributed by atoms with Crippen LogP contribution >= 0.6 is 0 Å². The van der Waals surface area contributed by atoms with E-state index in [0.717, 1.165) is 6.42 Å². The molecule has 0 saturated carbocycles. The predicted octanol–water partition coefficient (Wildman–Crippen LogP) is 2.49. The Labute approximate surface area is 116 Å². The molecule has 0 unspecified atom stereocenters. The average molecular weight is 291 g/mol. The van der Waals surface area contributed by atoms with E-state index in [9.17, 15) is 13.2 Å². The summed E-state index contributed by atoms with van der Waals surface area (Å²) in [5, 5.41) is 0. The highest BCUT2D eigenvalue weighted by atomic mass is 19.4. The second kappa shape index (κ2) is 6.74. The summed E-state index contributed by atoms with van der Waals surface area (Å²) in [6.45, 7) is 4.27. The summed E-state index contributed by atoms with van der Waals surface area (Å²) >= 11 is 0. The number of hydrogen-bond donors (Lipinski definition) is 2. The zero-order valence-corrected chi connectivity index (χ0v) is 11.8. The van der Waals surface area contributed by atoms with Gasteiger partial charge in [-0.1, -0.05) is 13.3 Å². The van der Waals surface area contributed by atoms with Crippen molar-refractivity contribution in [2.24, 2.45) is 5.84 Å². The Morgan fingerprint density at radius 2 is 2.00 bits per heavy atom. The molecule has 1 heterocycles. The number of alkyl halides is 3. The van der Waals surface area contributed by atoms with Gasteiger partial charge in [0.25, 0.3) is 0 Å². The van der Waals surface area contributed by atoms with Gasteiger partial charge in [0.05, 0.1) is 0 Å². The van der Waals surface area contributed by atoms with Gasteiger partial charge in [-0.2, -0.15) is 13.2 Å². The Hall–Kier alpha value is -1.57. The van der Waals surface area contributed by atoms with Crippen LogP contribution in [0.25, 0.3) is 0 Å². The van der Waals surface area contributed by atoms with Crippen LogP contribution in [-0.2, 0) is 6.42 Å². The minimum atomic E-state index is -4.30. The molecule has 0 spiro atoms. The normalized spacial score (nSPS) is 11.8. The monoisotopic (exact) mass is 291 g/mol. The molecule has 1 aromatic heterocycles. The maximum Gasteiger partial charge on any atom is 0.405 e. The Bertz CT molecular complexity index is 434. The van der Waals surface area contributed by atoms with Crippen LogP contribution in [0.4, 0.5) is 24.8 Å². The lowest BCUT2D eigenvalue weighted by Crippen LogP contribution is -2.40. The lowest BCUT2D eigenvalue weighted by atomic mass is 10.1. The summed E-state index contributed by atoms with van der Waals surface area (Å²) in [7, 11) is 0. The quantitative estimate of drug-likeness (QED) is 0.622. The molecule has 0 fully saturated rings. The number of aromatic nitrogens is 2. The highest BCUT2D eigenvalue weighted by Crippen LogP contribution is 2.29. The molecule has 0 amide bonds. The van der Waals surface area contributed by atoms with Gasteiger partial charge in [-0.05, 0) is 20.3 Å². The van der Waals surface area contributed by atoms with Crippen molar-refractivity contribution in [2.45, 2.75) is 45.8 Å². The van der Waals surface area contributed by atoms with E-state index in [0.29, 0.717) is 17.8 Å². The molecule has 1 aromatic rings. The number of hydrogen-bond acceptors (Lipinski definition) is 5. The van der Waals surface area contributed by atoms with Crippen LogP contribution in [-0.4, -0.2) is 28.7 Å². The predicted molar refractivity (Wildman–Crippen MR) is 72.4 cm³/mol. The van der Waals surface area contributed by atoms with Crippen molar-refractivity contribution in [3.63, 3.8) is 0 Å². The molecule has 3 N–H and O–H groups in total. The first kappa shape index (κ1) is 16.5. The Balaban J connectivity index is 3.25. The van der Waals surface area contributed by atoms with Gasteiger partial charge in [0, 0.05) is 11.6 Å². The fraction of sp³-hybridized carbons (Fsp3) is 0.667. The van der Waals surface area contributed by atoms with E-state index >= 15 is 0 Å². The van der Waals surface area contributed by atoms with Crippen LogP contribution in [0.1, 0.15) is 32.8 Å². The molecule has 0 aliphatic heterocycles. The highest BCUT2D eigenvalue weighted by molar-refractivity contribution is 5.58. The van der Waals surface area contributed by atoms with Crippen molar-refractivity contribution in [3.05, 3.63) is 11.9 Å². The molecule has 0 bridgehead atoms. The molecule has 0 radical (unpaired) electrons. The third-order valence-corrected chi connectivity index (χ3v) is 2.80. The molecule has 0 saturated heterocycles. The van der Waals surface area contributed by atoms with Crippen LogP contribution < -0.4 is 16.2 Å². The minimum absolute atomic E-state index is 0.280. The highest BCUT2D eigenvalue weighted by Gasteiger charge is 2.33. The van der Waals surface area contributed by atoms with E-state index in [-0.39, 0.29) is 11.9 Å². The fourth-order valence-electron chi connectivity index (χ4n) is 1.95. The van der Waals surface area contributed by atoms with Gasteiger partial charge in [-0.3, -0.25) is 0 Å². The summed E-state index contributed by atoms with van der Waals surface area (Å²) in [5.74, 6) is 6.02. The number of hydrazine groups is 1. The topological polar surface area (TPSA) is 67.1 Å². The van der Waals surface area contributed by atoms with Crippen molar-refractivity contribution < 1.29 is 13.2 Å². The average Bonchev–Trinajstić information content (AvgIpc) is 2.35. The number of nitrogens with two attached hydrogens (primary N) is 1. The molecule has 114 valence electrons. The van der Waals surface area contributed by atoms with E-state index in [2.05, 4.69) is 15.4 Å². The largest absolute Gasteiger partial charge is 0.405 e. The fourth-order valence-corrected chi connectivity index (χ4v) is 1.95. The molecule has 0 aromatic carbocycles. The number of nitrogens with zero attached hydrogens (tertiary/aromatic N) is 3. The molecule has 1 rings (SSSR count). The van der Waals surface area contributed by atoms with Crippen molar-refractivity contribution in [1.82, 2.24) is 9.97 Å². The Morgan fingerprint density at radius 3 is 2.45 bits per heavy atom. The van der Waals surface area contributed by atoms with Crippen molar-refractivity contribution in [2.75, 3.05) is 16.9 Å². The molecule has 20 heavy (non-hydrogen) atoms. The van der Waals surface area contributed by atoms with Crippen LogP contribution in [0.5, 0.6) is 0 Å². The first-order chi connectivity index (χ1) is 9.30. The number of anilines is 2. The summed E-state index contributed by atoms with van der Waals surface area (Å²) in [6.07, 6.45) is -1.77. The maximum atomic E-state index is 12.7. The van der Waals surface area contributed by atoms with E-state index in [4.69, 9.17) is 5.84 Å². The zero-order valence-electron chi connectivity index (χ0n) is 11.8. The van der Waals surface area contributed by atoms with Gasteiger partial charge in [0.2, 0.25) is 0 Å². The third-order valence-electron chi connectivity index (χ3n) is 2.80. The van der Waals surface area contributed by atoms with Crippen molar-refractivity contribution >= 4 is 11.6 Å². The van der Waals surface area contributed by atoms with Gasteiger partial charge >= 0.3 is 6.18 Å². The first-order valence-electron chi connectivity index (χ1n) is 6.44. The second-order valence-electron chi connectivity index (χ2n) is 4.76. The van der Waals surface area contributed by atoms with Crippen LogP contribution in [0, 0.1) is 0 Å². The zero-order chi connectivity index (χ0) is 15.3. The van der Waals surface area contributed by atoms with Gasteiger partial charge in [-0.25, -0.2) is 15.8 Å². The van der Waals surface area contributed by atoms with Crippen LogP contribution in [0.3, 0.4) is 0 Å². The van der Waals surface area contributed by atoms with Gasteiger partial charge in [0.15, 0.2) is 0 Å². The van der Waals surface area contributed by atoms with Crippen molar-refractivity contribution in [3.8, 4) is 0 Å². The molecular formula is C12H20F3N5. The summed E-state index contributed by atoms with van der Waals surface area (Å²) in [4.78, 5) is 9.21.